The smallest absolute Gasteiger partial charge is 0.106 e. The molecule has 0 atom stereocenters. The van der Waals surface area contributed by atoms with Crippen LogP contribution >= 0.6 is 11.6 Å². The Labute approximate surface area is 108 Å². The molecule has 1 aliphatic rings. The van der Waals surface area contributed by atoms with Gasteiger partial charge in [0.25, 0.3) is 0 Å². The minimum atomic E-state index is -0.258. The molecule has 2 nitrogen and oxygen atoms in total. The number of nitrogens with one attached hydrogen (secondary N) is 1. The maximum absolute atomic E-state index is 9.22. The summed E-state index contributed by atoms with van der Waals surface area (Å²) in [4.78, 5) is 0. The lowest BCUT2D eigenvalue weighted by Gasteiger charge is -2.21. The summed E-state index contributed by atoms with van der Waals surface area (Å²) in [7, 11) is 0. The molecule has 0 aromatic heterocycles. The molecule has 2 rings (SSSR count). The van der Waals surface area contributed by atoms with Crippen molar-refractivity contribution in [3.8, 4) is 6.07 Å². The van der Waals surface area contributed by atoms with Crippen molar-refractivity contribution in [2.75, 3.05) is 6.54 Å². The van der Waals surface area contributed by atoms with Crippen LogP contribution in [0.1, 0.15) is 31.2 Å². The van der Waals surface area contributed by atoms with Crippen LogP contribution in [0.4, 0.5) is 0 Å². The molecule has 1 fully saturated rings. The van der Waals surface area contributed by atoms with Crippen molar-refractivity contribution in [3.63, 3.8) is 0 Å². The number of benzene rings is 1. The molecule has 1 N–H and O–H groups in total. The van der Waals surface area contributed by atoms with Gasteiger partial charge in [-0.3, -0.25) is 5.32 Å². The van der Waals surface area contributed by atoms with Crippen LogP contribution in [-0.4, -0.2) is 12.1 Å². The van der Waals surface area contributed by atoms with Gasteiger partial charge in [-0.1, -0.05) is 36.6 Å². The van der Waals surface area contributed by atoms with Crippen LogP contribution in [-0.2, 0) is 6.42 Å². The molecule has 0 bridgehead atoms. The van der Waals surface area contributed by atoms with Gasteiger partial charge in [-0.05, 0) is 37.0 Å². The highest BCUT2D eigenvalue weighted by molar-refractivity contribution is 6.30. The molecule has 1 aliphatic carbocycles. The summed E-state index contributed by atoms with van der Waals surface area (Å²) in [5, 5.41) is 13.4. The topological polar surface area (TPSA) is 35.8 Å². The monoisotopic (exact) mass is 248 g/mol. The normalized spacial score (nSPS) is 17.9. The van der Waals surface area contributed by atoms with Crippen molar-refractivity contribution in [1.82, 2.24) is 5.32 Å². The molecule has 0 aliphatic heterocycles. The second kappa shape index (κ2) is 5.53. The fraction of sp³-hybridized carbons (Fsp3) is 0.500. The summed E-state index contributed by atoms with van der Waals surface area (Å²) in [6.45, 7) is 0.856. The van der Waals surface area contributed by atoms with Gasteiger partial charge in [-0.2, -0.15) is 5.26 Å². The Balaban J connectivity index is 1.83. The molecule has 0 unspecified atom stereocenters. The van der Waals surface area contributed by atoms with Crippen molar-refractivity contribution < 1.29 is 0 Å². The molecule has 0 heterocycles. The fourth-order valence-corrected chi connectivity index (χ4v) is 2.53. The molecular formula is C14H17ClN2. The molecule has 3 heteroatoms. The summed E-state index contributed by atoms with van der Waals surface area (Å²) in [6, 6.07) is 10.3. The van der Waals surface area contributed by atoms with E-state index in [0.717, 1.165) is 30.8 Å². The Morgan fingerprint density at radius 2 is 1.88 bits per heavy atom. The number of nitrogens with zero attached hydrogens (tertiary/aromatic N) is 1. The van der Waals surface area contributed by atoms with Crippen LogP contribution in [0, 0.1) is 11.3 Å². The minimum Gasteiger partial charge on any atom is -0.299 e. The lowest BCUT2D eigenvalue weighted by molar-refractivity contribution is 0.426. The number of hydrogen-bond donors (Lipinski definition) is 1. The van der Waals surface area contributed by atoms with Crippen LogP contribution in [0.3, 0.4) is 0 Å². The molecule has 0 spiro atoms. The van der Waals surface area contributed by atoms with E-state index in [4.69, 9.17) is 11.6 Å². The van der Waals surface area contributed by atoms with Gasteiger partial charge < -0.3 is 0 Å². The van der Waals surface area contributed by atoms with E-state index in [1.807, 2.05) is 24.3 Å². The standard InChI is InChI=1S/C14H17ClN2/c15-13-5-3-12(4-6-13)7-10-17-14(11-16)8-1-2-9-14/h3-6,17H,1-2,7-10H2. The first-order valence-corrected chi connectivity index (χ1v) is 6.53. The van der Waals surface area contributed by atoms with Gasteiger partial charge in [-0.25, -0.2) is 0 Å². The first kappa shape index (κ1) is 12.4. The van der Waals surface area contributed by atoms with Gasteiger partial charge >= 0.3 is 0 Å². The van der Waals surface area contributed by atoms with E-state index >= 15 is 0 Å². The molecule has 0 amide bonds. The van der Waals surface area contributed by atoms with Crippen LogP contribution in [0.25, 0.3) is 0 Å². The quantitative estimate of drug-likeness (QED) is 0.888. The number of rotatable bonds is 4. The van der Waals surface area contributed by atoms with Crippen molar-refractivity contribution in [3.05, 3.63) is 34.9 Å². The summed E-state index contributed by atoms with van der Waals surface area (Å²) in [5.74, 6) is 0. The summed E-state index contributed by atoms with van der Waals surface area (Å²) < 4.78 is 0. The van der Waals surface area contributed by atoms with Gasteiger partial charge in [0.15, 0.2) is 0 Å². The van der Waals surface area contributed by atoms with Crippen molar-refractivity contribution in [1.29, 1.82) is 5.26 Å². The Morgan fingerprint density at radius 3 is 2.47 bits per heavy atom. The van der Waals surface area contributed by atoms with Gasteiger partial charge in [0, 0.05) is 11.6 Å². The Hall–Kier alpha value is -1.04. The Bertz CT molecular complexity index is 399. The predicted octanol–water partition coefficient (Wildman–Crippen LogP) is 3.31. The summed E-state index contributed by atoms with van der Waals surface area (Å²) in [6.07, 6.45) is 5.26. The third-order valence-electron chi connectivity index (χ3n) is 3.46. The van der Waals surface area contributed by atoms with E-state index in [0.29, 0.717) is 0 Å². The highest BCUT2D eigenvalue weighted by Crippen LogP contribution is 2.28. The van der Waals surface area contributed by atoms with Crippen molar-refractivity contribution in [2.45, 2.75) is 37.6 Å². The first-order valence-electron chi connectivity index (χ1n) is 6.15. The molecule has 0 saturated heterocycles. The van der Waals surface area contributed by atoms with Crippen LogP contribution < -0.4 is 5.32 Å². The average molecular weight is 249 g/mol. The maximum Gasteiger partial charge on any atom is 0.106 e. The van der Waals surface area contributed by atoms with Gasteiger partial charge in [-0.15, -0.1) is 0 Å². The van der Waals surface area contributed by atoms with E-state index in [-0.39, 0.29) is 5.54 Å². The number of hydrogen-bond acceptors (Lipinski definition) is 2. The summed E-state index contributed by atoms with van der Waals surface area (Å²) in [5.41, 5.74) is 1.000. The highest BCUT2D eigenvalue weighted by atomic mass is 35.5. The summed E-state index contributed by atoms with van der Waals surface area (Å²) >= 11 is 5.84. The van der Waals surface area contributed by atoms with Crippen LogP contribution in [0.5, 0.6) is 0 Å². The predicted molar refractivity (Wildman–Crippen MR) is 70.0 cm³/mol. The molecule has 1 aromatic carbocycles. The third-order valence-corrected chi connectivity index (χ3v) is 3.71. The molecule has 1 aromatic rings. The molecule has 1 saturated carbocycles. The third kappa shape index (κ3) is 3.21. The van der Waals surface area contributed by atoms with Gasteiger partial charge in [0.05, 0.1) is 6.07 Å². The second-order valence-corrected chi connectivity index (χ2v) is 5.14. The minimum absolute atomic E-state index is 0.258. The van der Waals surface area contributed by atoms with Crippen molar-refractivity contribution >= 4 is 11.6 Å². The first-order chi connectivity index (χ1) is 8.24. The number of halogens is 1. The average Bonchev–Trinajstić information content (AvgIpc) is 2.81. The molecular weight excluding hydrogens is 232 g/mol. The zero-order valence-electron chi connectivity index (χ0n) is 9.88. The molecule has 90 valence electrons. The lowest BCUT2D eigenvalue weighted by Crippen LogP contribution is -2.42. The zero-order chi connectivity index (χ0) is 12.1. The van der Waals surface area contributed by atoms with E-state index in [9.17, 15) is 5.26 Å². The van der Waals surface area contributed by atoms with Crippen molar-refractivity contribution in [2.24, 2.45) is 0 Å². The van der Waals surface area contributed by atoms with E-state index in [1.165, 1.54) is 18.4 Å². The Kier molecular flexibility index (Phi) is 4.04. The van der Waals surface area contributed by atoms with Crippen LogP contribution in [0.2, 0.25) is 5.02 Å². The number of nitriles is 1. The second-order valence-electron chi connectivity index (χ2n) is 4.70. The maximum atomic E-state index is 9.22. The SMILES string of the molecule is N#CC1(NCCc2ccc(Cl)cc2)CCCC1. The molecule has 0 radical (unpaired) electrons. The lowest BCUT2D eigenvalue weighted by atomic mass is 9.99. The highest BCUT2D eigenvalue weighted by Gasteiger charge is 2.32. The van der Waals surface area contributed by atoms with Gasteiger partial charge in [0.1, 0.15) is 5.54 Å². The zero-order valence-corrected chi connectivity index (χ0v) is 10.6. The fourth-order valence-electron chi connectivity index (χ4n) is 2.40. The molecule has 17 heavy (non-hydrogen) atoms. The van der Waals surface area contributed by atoms with E-state index in [1.54, 1.807) is 0 Å². The largest absolute Gasteiger partial charge is 0.299 e. The van der Waals surface area contributed by atoms with E-state index < -0.39 is 0 Å². The Morgan fingerprint density at radius 1 is 1.24 bits per heavy atom. The van der Waals surface area contributed by atoms with Crippen LogP contribution in [0.15, 0.2) is 24.3 Å². The van der Waals surface area contributed by atoms with Gasteiger partial charge in [0.2, 0.25) is 0 Å². The van der Waals surface area contributed by atoms with E-state index in [2.05, 4.69) is 11.4 Å².